The molecule has 1 aromatic carbocycles. The normalized spacial score (nSPS) is 20.1. The third-order valence-electron chi connectivity index (χ3n) is 5.53. The first-order valence-corrected chi connectivity index (χ1v) is 10.4. The molecule has 5 nitrogen and oxygen atoms in total. The number of carbonyl (C=O) groups is 1. The molecule has 27 heavy (non-hydrogen) atoms. The summed E-state index contributed by atoms with van der Waals surface area (Å²) in [6, 6.07) is 8.27. The minimum absolute atomic E-state index is 0.115. The van der Waals surface area contributed by atoms with Crippen LogP contribution in [-0.2, 0) is 9.53 Å². The molecule has 0 aliphatic carbocycles. The van der Waals surface area contributed by atoms with Crippen LogP contribution in [0.1, 0.15) is 59.8 Å². The lowest BCUT2D eigenvalue weighted by molar-refractivity contribution is -0.139. The quantitative estimate of drug-likeness (QED) is 0.612. The summed E-state index contributed by atoms with van der Waals surface area (Å²) in [7, 11) is 0. The molecule has 1 fully saturated rings. The molecule has 1 aliphatic rings. The van der Waals surface area contributed by atoms with Crippen LogP contribution in [0, 0.1) is 0 Å². The van der Waals surface area contributed by atoms with Gasteiger partial charge >= 0.3 is 0 Å². The SMILES string of the molecule is CCOC(C)(CC)C(=O)Nc1ccc(OCCCN2CCCCC2C)cc1. The van der Waals surface area contributed by atoms with Crippen molar-refractivity contribution in [2.75, 3.05) is 31.6 Å². The van der Waals surface area contributed by atoms with Crippen molar-refractivity contribution in [3.05, 3.63) is 24.3 Å². The van der Waals surface area contributed by atoms with Gasteiger partial charge < -0.3 is 19.7 Å². The number of nitrogens with zero attached hydrogens (tertiary/aromatic N) is 1. The van der Waals surface area contributed by atoms with Crippen molar-refractivity contribution in [1.82, 2.24) is 4.90 Å². The first-order valence-electron chi connectivity index (χ1n) is 10.4. The molecule has 0 bridgehead atoms. The number of ether oxygens (including phenoxy) is 2. The fourth-order valence-electron chi connectivity index (χ4n) is 3.49. The van der Waals surface area contributed by atoms with Gasteiger partial charge in [0.2, 0.25) is 0 Å². The summed E-state index contributed by atoms with van der Waals surface area (Å²) in [6.07, 6.45) is 5.65. The van der Waals surface area contributed by atoms with Gasteiger partial charge in [-0.15, -0.1) is 0 Å². The van der Waals surface area contributed by atoms with E-state index in [1.165, 1.54) is 25.8 Å². The monoisotopic (exact) mass is 376 g/mol. The Hall–Kier alpha value is -1.59. The molecule has 1 saturated heterocycles. The zero-order chi connectivity index (χ0) is 19.7. The number of rotatable bonds is 10. The summed E-state index contributed by atoms with van der Waals surface area (Å²) in [5.41, 5.74) is -0.0379. The van der Waals surface area contributed by atoms with Crippen LogP contribution < -0.4 is 10.1 Å². The van der Waals surface area contributed by atoms with Crippen molar-refractivity contribution in [1.29, 1.82) is 0 Å². The molecule has 0 saturated carbocycles. The Bertz CT molecular complexity index is 575. The van der Waals surface area contributed by atoms with Gasteiger partial charge in [-0.2, -0.15) is 0 Å². The zero-order valence-corrected chi connectivity index (χ0v) is 17.4. The van der Waals surface area contributed by atoms with Crippen molar-refractivity contribution in [2.45, 2.75) is 71.4 Å². The predicted molar refractivity (Wildman–Crippen MR) is 110 cm³/mol. The summed E-state index contributed by atoms with van der Waals surface area (Å²) in [6.45, 7) is 11.6. The van der Waals surface area contributed by atoms with E-state index in [1.807, 2.05) is 45.0 Å². The zero-order valence-electron chi connectivity index (χ0n) is 17.4. The molecule has 1 amide bonds. The minimum Gasteiger partial charge on any atom is -0.494 e. The van der Waals surface area contributed by atoms with Gasteiger partial charge in [0.15, 0.2) is 0 Å². The van der Waals surface area contributed by atoms with Crippen LogP contribution >= 0.6 is 0 Å². The Kier molecular flexibility index (Phi) is 8.58. The second-order valence-electron chi connectivity index (χ2n) is 7.58. The summed E-state index contributed by atoms with van der Waals surface area (Å²) in [4.78, 5) is 15.0. The first kappa shape index (κ1) is 21.7. The third-order valence-corrected chi connectivity index (χ3v) is 5.53. The molecule has 1 aliphatic heterocycles. The second-order valence-corrected chi connectivity index (χ2v) is 7.58. The molecular weight excluding hydrogens is 340 g/mol. The number of carbonyl (C=O) groups excluding carboxylic acids is 1. The van der Waals surface area contributed by atoms with Gasteiger partial charge in [0.25, 0.3) is 5.91 Å². The Morgan fingerprint density at radius 3 is 2.63 bits per heavy atom. The van der Waals surface area contributed by atoms with E-state index in [0.29, 0.717) is 25.7 Å². The highest BCUT2D eigenvalue weighted by Gasteiger charge is 2.31. The summed E-state index contributed by atoms with van der Waals surface area (Å²) < 4.78 is 11.5. The molecule has 1 N–H and O–H groups in total. The fraction of sp³-hybridized carbons (Fsp3) is 0.682. The largest absolute Gasteiger partial charge is 0.494 e. The van der Waals surface area contributed by atoms with Crippen molar-refractivity contribution in [2.24, 2.45) is 0 Å². The third kappa shape index (κ3) is 6.51. The average molecular weight is 377 g/mol. The van der Waals surface area contributed by atoms with Crippen LogP contribution in [0.3, 0.4) is 0 Å². The molecule has 2 rings (SSSR count). The number of benzene rings is 1. The molecule has 0 radical (unpaired) electrons. The van der Waals surface area contributed by atoms with E-state index < -0.39 is 5.60 Å². The Morgan fingerprint density at radius 1 is 1.26 bits per heavy atom. The average Bonchev–Trinajstić information content (AvgIpc) is 2.67. The molecular formula is C22H36N2O3. The van der Waals surface area contributed by atoms with Gasteiger partial charge in [0.05, 0.1) is 6.61 Å². The fourth-order valence-corrected chi connectivity index (χ4v) is 3.49. The van der Waals surface area contributed by atoms with E-state index in [4.69, 9.17) is 9.47 Å². The van der Waals surface area contributed by atoms with Crippen LogP contribution in [0.25, 0.3) is 0 Å². The number of hydrogen-bond acceptors (Lipinski definition) is 4. The highest BCUT2D eigenvalue weighted by molar-refractivity contribution is 5.97. The van der Waals surface area contributed by atoms with Crippen LogP contribution in [-0.4, -0.2) is 48.8 Å². The number of piperidine rings is 1. The molecule has 0 spiro atoms. The summed E-state index contributed by atoms with van der Waals surface area (Å²) in [5, 5.41) is 2.93. The molecule has 152 valence electrons. The van der Waals surface area contributed by atoms with Gasteiger partial charge in [-0.1, -0.05) is 13.3 Å². The lowest BCUT2D eigenvalue weighted by Gasteiger charge is -2.33. The van der Waals surface area contributed by atoms with Crippen molar-refractivity contribution in [3.8, 4) is 5.75 Å². The molecule has 2 unspecified atom stereocenters. The van der Waals surface area contributed by atoms with E-state index in [9.17, 15) is 4.79 Å². The standard InChI is InChI=1S/C22H36N2O3/c1-5-22(4,27-6-2)21(25)23-19-11-13-20(14-12-19)26-17-9-16-24-15-8-7-10-18(24)3/h11-14,18H,5-10,15-17H2,1-4H3,(H,23,25). The highest BCUT2D eigenvalue weighted by Crippen LogP contribution is 2.21. The van der Waals surface area contributed by atoms with Crippen LogP contribution in [0.4, 0.5) is 5.69 Å². The van der Waals surface area contributed by atoms with Crippen molar-refractivity contribution < 1.29 is 14.3 Å². The second kappa shape index (κ2) is 10.7. The Morgan fingerprint density at radius 2 is 2.00 bits per heavy atom. The maximum atomic E-state index is 12.5. The maximum absolute atomic E-state index is 12.5. The van der Waals surface area contributed by atoms with E-state index in [2.05, 4.69) is 17.1 Å². The van der Waals surface area contributed by atoms with Gasteiger partial charge in [-0.3, -0.25) is 4.79 Å². The first-order chi connectivity index (χ1) is 13.0. The number of nitrogens with one attached hydrogen (secondary N) is 1. The van der Waals surface area contributed by atoms with Gasteiger partial charge in [0, 0.05) is 24.9 Å². The minimum atomic E-state index is -0.796. The van der Waals surface area contributed by atoms with Crippen LogP contribution in [0.15, 0.2) is 24.3 Å². The Balaban J connectivity index is 1.75. The predicted octanol–water partition coefficient (Wildman–Crippen LogP) is 4.47. The van der Waals surface area contributed by atoms with Gasteiger partial charge in [-0.25, -0.2) is 0 Å². The molecule has 5 heteroatoms. The Labute approximate surface area is 164 Å². The van der Waals surface area contributed by atoms with Crippen molar-refractivity contribution >= 4 is 11.6 Å². The van der Waals surface area contributed by atoms with Crippen LogP contribution in [0.5, 0.6) is 5.75 Å². The molecule has 1 aromatic rings. The van der Waals surface area contributed by atoms with Crippen LogP contribution in [0.2, 0.25) is 0 Å². The number of amides is 1. The van der Waals surface area contributed by atoms with E-state index in [1.54, 1.807) is 0 Å². The topological polar surface area (TPSA) is 50.8 Å². The lowest BCUT2D eigenvalue weighted by atomic mass is 10.0. The number of anilines is 1. The van der Waals surface area contributed by atoms with E-state index in [0.717, 1.165) is 24.4 Å². The summed E-state index contributed by atoms with van der Waals surface area (Å²) >= 11 is 0. The molecule has 0 aromatic heterocycles. The molecule has 2 atom stereocenters. The molecule has 1 heterocycles. The smallest absolute Gasteiger partial charge is 0.256 e. The van der Waals surface area contributed by atoms with Gasteiger partial charge in [-0.05, 0) is 77.3 Å². The number of hydrogen-bond donors (Lipinski definition) is 1. The summed E-state index contributed by atoms with van der Waals surface area (Å²) in [5.74, 6) is 0.721. The maximum Gasteiger partial charge on any atom is 0.256 e. The van der Waals surface area contributed by atoms with Gasteiger partial charge in [0.1, 0.15) is 11.4 Å². The highest BCUT2D eigenvalue weighted by atomic mass is 16.5. The van der Waals surface area contributed by atoms with E-state index >= 15 is 0 Å². The van der Waals surface area contributed by atoms with Crippen molar-refractivity contribution in [3.63, 3.8) is 0 Å². The number of likely N-dealkylation sites (tertiary alicyclic amines) is 1. The lowest BCUT2D eigenvalue weighted by Crippen LogP contribution is -2.42. The van der Waals surface area contributed by atoms with E-state index in [-0.39, 0.29) is 5.91 Å².